The van der Waals surface area contributed by atoms with E-state index in [1.165, 1.54) is 0 Å². The Hall–Kier alpha value is -0.500. The van der Waals surface area contributed by atoms with Gasteiger partial charge in [-0.1, -0.05) is 0 Å². The third kappa shape index (κ3) is 2.24. The van der Waals surface area contributed by atoms with Gasteiger partial charge in [0.2, 0.25) is 0 Å². The van der Waals surface area contributed by atoms with Crippen LogP contribution in [0.2, 0.25) is 0 Å². The zero-order valence-corrected chi connectivity index (χ0v) is 5.29. The average Bonchev–Trinajstić information content (AvgIpc) is 1.44. The summed E-state index contributed by atoms with van der Waals surface area (Å²) >= 11 is 0. The fourth-order valence-corrected chi connectivity index (χ4v) is 0.680. The topological polar surface area (TPSA) is 18.5 Å². The predicted octanol–water partition coefficient (Wildman–Crippen LogP) is 2.16. The lowest BCUT2D eigenvalue weighted by Crippen LogP contribution is -2.49. The summed E-state index contributed by atoms with van der Waals surface area (Å²) in [6.07, 6.45) is -16.3. The lowest BCUT2D eigenvalue weighted by molar-refractivity contribution is -0.559. The number of rotatable bonds is 0. The van der Waals surface area contributed by atoms with E-state index in [4.69, 9.17) is 0 Å². The third-order valence-electron chi connectivity index (χ3n) is 0.948. The van der Waals surface area contributed by atoms with E-state index in [0.717, 1.165) is 0 Å². The van der Waals surface area contributed by atoms with E-state index >= 15 is 0 Å². The minimum absolute atomic E-state index is 2.21. The molecule has 0 aromatic rings. The molecule has 1 fully saturated rings. The lowest BCUT2D eigenvalue weighted by Gasteiger charge is -2.33. The van der Waals surface area contributed by atoms with Gasteiger partial charge in [0.1, 0.15) is 6.42 Å². The van der Waals surface area contributed by atoms with Crippen LogP contribution in [-0.4, -0.2) is 18.5 Å². The molecule has 0 aliphatic carbocycles. The molecule has 0 saturated carbocycles. The molecule has 1 rings (SSSR count). The maximum Gasteiger partial charge on any atom is 0.494 e. The zero-order chi connectivity index (χ0) is 9.62. The number of alkyl halides is 6. The van der Waals surface area contributed by atoms with Gasteiger partial charge < -0.3 is 0 Å². The number of hydrogen-bond donors (Lipinski definition) is 0. The molecular weight excluding hydrogens is 194 g/mol. The molecule has 0 aromatic carbocycles. The molecule has 1 aliphatic rings. The van der Waals surface area contributed by atoms with Crippen LogP contribution < -0.4 is 0 Å². The molecule has 0 bridgehead atoms. The van der Waals surface area contributed by atoms with Gasteiger partial charge in [-0.2, -0.15) is 17.6 Å². The van der Waals surface area contributed by atoms with Crippen LogP contribution in [-0.2, 0) is 9.47 Å². The first-order valence-electron chi connectivity index (χ1n) is 2.66. The Morgan fingerprint density at radius 2 is 1.08 bits per heavy atom. The van der Waals surface area contributed by atoms with Crippen LogP contribution in [0.3, 0.4) is 0 Å². The van der Waals surface area contributed by atoms with Gasteiger partial charge in [-0.05, 0) is 0 Å². The van der Waals surface area contributed by atoms with Crippen LogP contribution >= 0.6 is 0 Å². The Bertz CT molecular complexity index is 145. The SMILES string of the molecule is FC1(F)CC(F)(F)OC(F)(F)O1. The molecule has 8 heteroatoms. The van der Waals surface area contributed by atoms with Crippen LogP contribution in [0.4, 0.5) is 26.3 Å². The van der Waals surface area contributed by atoms with Crippen molar-refractivity contribution in [1.29, 1.82) is 0 Å². The number of halogens is 6. The highest BCUT2D eigenvalue weighted by atomic mass is 19.3. The minimum Gasteiger partial charge on any atom is -0.229 e. The summed E-state index contributed by atoms with van der Waals surface area (Å²) in [5.41, 5.74) is 0. The molecule has 0 amide bonds. The van der Waals surface area contributed by atoms with Gasteiger partial charge in [0.25, 0.3) is 0 Å². The van der Waals surface area contributed by atoms with Crippen molar-refractivity contribution in [3.05, 3.63) is 0 Å². The summed E-state index contributed by atoms with van der Waals surface area (Å²) in [6.45, 7) is 0. The van der Waals surface area contributed by atoms with Gasteiger partial charge in [0.05, 0.1) is 0 Å². The number of hydrogen-bond acceptors (Lipinski definition) is 2. The Labute approximate surface area is 62.0 Å². The Kier molecular flexibility index (Phi) is 1.80. The van der Waals surface area contributed by atoms with E-state index in [0.29, 0.717) is 0 Å². The van der Waals surface area contributed by atoms with Crippen LogP contribution in [0.25, 0.3) is 0 Å². The van der Waals surface area contributed by atoms with Gasteiger partial charge in [0.15, 0.2) is 0 Å². The van der Waals surface area contributed by atoms with Crippen molar-refractivity contribution in [2.75, 3.05) is 0 Å². The standard InChI is InChI=1S/C4H2F6O2/c5-2(6)1-3(7,8)12-4(9,10)11-2/h1H2. The molecule has 1 aliphatic heterocycles. The van der Waals surface area contributed by atoms with Crippen LogP contribution in [0.15, 0.2) is 0 Å². The highest BCUT2D eigenvalue weighted by Gasteiger charge is 2.62. The quantitative estimate of drug-likeness (QED) is 0.552. The summed E-state index contributed by atoms with van der Waals surface area (Å²) in [5.74, 6) is 0. The molecule has 2 nitrogen and oxygen atoms in total. The fraction of sp³-hybridized carbons (Fsp3) is 1.00. The predicted molar refractivity (Wildman–Crippen MR) is 21.6 cm³/mol. The Balaban J connectivity index is 2.81. The van der Waals surface area contributed by atoms with Crippen molar-refractivity contribution in [3.8, 4) is 0 Å². The van der Waals surface area contributed by atoms with Crippen molar-refractivity contribution in [2.45, 2.75) is 24.9 Å². The summed E-state index contributed by atoms with van der Waals surface area (Å²) in [7, 11) is 0. The summed E-state index contributed by atoms with van der Waals surface area (Å²) in [6, 6.07) is 0. The second-order valence-corrected chi connectivity index (χ2v) is 2.12. The van der Waals surface area contributed by atoms with Gasteiger partial charge >= 0.3 is 18.5 Å². The summed E-state index contributed by atoms with van der Waals surface area (Å²) in [4.78, 5) is 0. The van der Waals surface area contributed by atoms with Gasteiger partial charge in [-0.15, -0.1) is 8.78 Å². The largest absolute Gasteiger partial charge is 0.494 e. The average molecular weight is 196 g/mol. The van der Waals surface area contributed by atoms with Crippen molar-refractivity contribution < 1.29 is 35.8 Å². The highest BCUT2D eigenvalue weighted by molar-refractivity contribution is 4.68. The molecule has 0 radical (unpaired) electrons. The van der Waals surface area contributed by atoms with Crippen molar-refractivity contribution in [1.82, 2.24) is 0 Å². The molecule has 0 spiro atoms. The van der Waals surface area contributed by atoms with E-state index in [-0.39, 0.29) is 0 Å². The van der Waals surface area contributed by atoms with Gasteiger partial charge in [-0.25, -0.2) is 9.47 Å². The Morgan fingerprint density at radius 3 is 1.33 bits per heavy atom. The molecule has 0 unspecified atom stereocenters. The van der Waals surface area contributed by atoms with Crippen LogP contribution in [0.1, 0.15) is 6.42 Å². The van der Waals surface area contributed by atoms with Gasteiger partial charge in [-0.3, -0.25) is 0 Å². The van der Waals surface area contributed by atoms with E-state index in [9.17, 15) is 26.3 Å². The Morgan fingerprint density at radius 1 is 0.750 bits per heavy atom. The van der Waals surface area contributed by atoms with Crippen molar-refractivity contribution >= 4 is 0 Å². The summed E-state index contributed by atoms with van der Waals surface area (Å²) in [5, 5.41) is 0. The van der Waals surface area contributed by atoms with E-state index in [2.05, 4.69) is 9.47 Å². The normalized spacial score (nSPS) is 31.5. The first-order chi connectivity index (χ1) is 5.12. The van der Waals surface area contributed by atoms with E-state index < -0.39 is 24.9 Å². The summed E-state index contributed by atoms with van der Waals surface area (Å²) < 4.78 is 76.6. The highest BCUT2D eigenvalue weighted by Crippen LogP contribution is 2.44. The first kappa shape index (κ1) is 9.59. The minimum atomic E-state index is -4.95. The van der Waals surface area contributed by atoms with Crippen molar-refractivity contribution in [3.63, 3.8) is 0 Å². The van der Waals surface area contributed by atoms with E-state index in [1.807, 2.05) is 0 Å². The zero-order valence-electron chi connectivity index (χ0n) is 5.29. The number of ether oxygens (including phenoxy) is 2. The molecule has 72 valence electrons. The van der Waals surface area contributed by atoms with Crippen LogP contribution in [0, 0.1) is 0 Å². The maximum atomic E-state index is 11.9. The first-order valence-corrected chi connectivity index (χ1v) is 2.66. The third-order valence-corrected chi connectivity index (χ3v) is 0.948. The second kappa shape index (κ2) is 2.25. The molecule has 1 heterocycles. The molecule has 1 saturated heterocycles. The maximum absolute atomic E-state index is 11.9. The van der Waals surface area contributed by atoms with Crippen molar-refractivity contribution in [2.24, 2.45) is 0 Å². The van der Waals surface area contributed by atoms with Crippen LogP contribution in [0.5, 0.6) is 0 Å². The smallest absolute Gasteiger partial charge is 0.229 e. The molecule has 0 N–H and O–H groups in total. The monoisotopic (exact) mass is 196 g/mol. The molecule has 12 heavy (non-hydrogen) atoms. The van der Waals surface area contributed by atoms with Gasteiger partial charge in [0, 0.05) is 0 Å². The molecule has 0 aromatic heterocycles. The van der Waals surface area contributed by atoms with E-state index in [1.54, 1.807) is 0 Å². The fourth-order valence-electron chi connectivity index (χ4n) is 0.680. The molecule has 0 atom stereocenters. The lowest BCUT2D eigenvalue weighted by atomic mass is 10.3. The second-order valence-electron chi connectivity index (χ2n) is 2.12. The molecular formula is C4H2F6O2.